The summed E-state index contributed by atoms with van der Waals surface area (Å²) in [6, 6.07) is 11.0. The summed E-state index contributed by atoms with van der Waals surface area (Å²) in [5, 5.41) is 9.09. The van der Waals surface area contributed by atoms with Crippen LogP contribution in [0.4, 0.5) is 5.69 Å². The molecule has 0 unspecified atom stereocenters. The molecule has 8 heteroatoms. The number of rotatable bonds is 4. The Kier molecular flexibility index (Phi) is 3.95. The van der Waals surface area contributed by atoms with Crippen LogP contribution in [0, 0.1) is 11.3 Å². The maximum Gasteiger partial charge on any atom is 0.232 e. The fraction of sp³-hybridized carbons (Fsp3) is 0.188. The lowest BCUT2D eigenvalue weighted by Gasteiger charge is -2.21. The van der Waals surface area contributed by atoms with Gasteiger partial charge in [-0.2, -0.15) is 5.26 Å². The molecular formula is C16H15N5O2S. The van der Waals surface area contributed by atoms with E-state index in [0.717, 1.165) is 11.3 Å². The second kappa shape index (κ2) is 5.94. The quantitative estimate of drug-likeness (QED) is 0.724. The normalized spacial score (nSPS) is 11.4. The smallest absolute Gasteiger partial charge is 0.232 e. The molecule has 0 saturated carbocycles. The summed E-state index contributed by atoms with van der Waals surface area (Å²) in [7, 11) is -3.35. The average molecular weight is 341 g/mol. The fourth-order valence-electron chi connectivity index (χ4n) is 2.64. The first-order valence-electron chi connectivity index (χ1n) is 7.26. The van der Waals surface area contributed by atoms with Crippen LogP contribution in [0.15, 0.2) is 42.9 Å². The molecule has 122 valence electrons. The molecule has 7 nitrogen and oxygen atoms in total. The molecule has 0 radical (unpaired) electrons. The highest BCUT2D eigenvalue weighted by Gasteiger charge is 2.16. The predicted molar refractivity (Wildman–Crippen MR) is 91.0 cm³/mol. The second-order valence-electron chi connectivity index (χ2n) is 5.21. The van der Waals surface area contributed by atoms with Crippen molar-refractivity contribution >= 4 is 21.4 Å². The van der Waals surface area contributed by atoms with Crippen molar-refractivity contribution in [2.75, 3.05) is 17.1 Å². The van der Waals surface area contributed by atoms with Gasteiger partial charge in [0, 0.05) is 18.3 Å². The van der Waals surface area contributed by atoms with Gasteiger partial charge in [-0.25, -0.2) is 18.4 Å². The van der Waals surface area contributed by atoms with Gasteiger partial charge in [0.05, 0.1) is 17.6 Å². The van der Waals surface area contributed by atoms with Crippen molar-refractivity contribution in [2.24, 2.45) is 0 Å². The van der Waals surface area contributed by atoms with Crippen LogP contribution in [0.1, 0.15) is 12.6 Å². The van der Waals surface area contributed by atoms with E-state index < -0.39 is 10.0 Å². The SMILES string of the molecule is CCN(c1cccc(-c2ccnc3c(C#N)ncn23)c1)S(C)(=O)=O. The highest BCUT2D eigenvalue weighted by molar-refractivity contribution is 7.92. The topological polar surface area (TPSA) is 91.4 Å². The Bertz CT molecular complexity index is 1050. The van der Waals surface area contributed by atoms with E-state index in [4.69, 9.17) is 5.26 Å². The number of anilines is 1. The maximum atomic E-state index is 11.9. The molecule has 0 amide bonds. The summed E-state index contributed by atoms with van der Waals surface area (Å²) in [4.78, 5) is 8.23. The summed E-state index contributed by atoms with van der Waals surface area (Å²) in [6.07, 6.45) is 4.33. The molecule has 0 N–H and O–H groups in total. The molecule has 0 fully saturated rings. The van der Waals surface area contributed by atoms with Gasteiger partial charge in [0.2, 0.25) is 10.0 Å². The van der Waals surface area contributed by atoms with Crippen LogP contribution in [0.5, 0.6) is 0 Å². The minimum Gasteiger partial charge on any atom is -0.282 e. The lowest BCUT2D eigenvalue weighted by atomic mass is 10.1. The Labute approximate surface area is 139 Å². The van der Waals surface area contributed by atoms with E-state index in [0.29, 0.717) is 17.9 Å². The summed E-state index contributed by atoms with van der Waals surface area (Å²) >= 11 is 0. The highest BCUT2D eigenvalue weighted by Crippen LogP contribution is 2.26. The van der Waals surface area contributed by atoms with E-state index in [1.807, 2.05) is 12.1 Å². The number of nitriles is 1. The second-order valence-corrected chi connectivity index (χ2v) is 7.11. The van der Waals surface area contributed by atoms with Crippen LogP contribution < -0.4 is 4.31 Å². The van der Waals surface area contributed by atoms with Crippen LogP contribution in [0.25, 0.3) is 16.9 Å². The van der Waals surface area contributed by atoms with Crippen LogP contribution in [-0.2, 0) is 10.0 Å². The lowest BCUT2D eigenvalue weighted by Crippen LogP contribution is -2.29. The summed E-state index contributed by atoms with van der Waals surface area (Å²) in [5.41, 5.74) is 2.89. The van der Waals surface area contributed by atoms with Gasteiger partial charge < -0.3 is 0 Å². The van der Waals surface area contributed by atoms with Gasteiger partial charge in [0.15, 0.2) is 11.3 Å². The minimum absolute atomic E-state index is 0.249. The van der Waals surface area contributed by atoms with E-state index >= 15 is 0 Å². The van der Waals surface area contributed by atoms with Gasteiger partial charge in [-0.15, -0.1) is 0 Å². The number of hydrogen-bond acceptors (Lipinski definition) is 5. The van der Waals surface area contributed by atoms with E-state index in [2.05, 4.69) is 9.97 Å². The molecule has 0 atom stereocenters. The van der Waals surface area contributed by atoms with E-state index in [9.17, 15) is 8.42 Å². The number of imidazole rings is 1. The predicted octanol–water partition coefficient (Wildman–Crippen LogP) is 2.05. The third kappa shape index (κ3) is 2.70. The highest BCUT2D eigenvalue weighted by atomic mass is 32.2. The van der Waals surface area contributed by atoms with Gasteiger partial charge in [-0.05, 0) is 25.1 Å². The van der Waals surface area contributed by atoms with E-state index in [1.54, 1.807) is 41.8 Å². The molecule has 0 aliphatic heterocycles. The van der Waals surface area contributed by atoms with Crippen molar-refractivity contribution in [3.05, 3.63) is 48.5 Å². The largest absolute Gasteiger partial charge is 0.282 e. The van der Waals surface area contributed by atoms with Crippen LogP contribution >= 0.6 is 0 Å². The first kappa shape index (κ1) is 16.0. The van der Waals surface area contributed by atoms with Crippen LogP contribution in [-0.4, -0.2) is 35.6 Å². The molecule has 24 heavy (non-hydrogen) atoms. The fourth-order valence-corrected chi connectivity index (χ4v) is 3.61. The number of sulfonamides is 1. The number of fused-ring (bicyclic) bond motifs is 1. The zero-order chi connectivity index (χ0) is 17.3. The van der Waals surface area contributed by atoms with E-state index in [-0.39, 0.29) is 5.69 Å². The van der Waals surface area contributed by atoms with Crippen molar-refractivity contribution < 1.29 is 8.42 Å². The summed E-state index contributed by atoms with van der Waals surface area (Å²) in [5.74, 6) is 0. The van der Waals surface area contributed by atoms with Crippen LogP contribution in [0.3, 0.4) is 0 Å². The molecule has 3 rings (SSSR count). The Morgan fingerprint density at radius 3 is 2.75 bits per heavy atom. The maximum absolute atomic E-state index is 11.9. The molecule has 3 aromatic rings. The molecule has 1 aromatic carbocycles. The van der Waals surface area contributed by atoms with Gasteiger partial charge in [0.25, 0.3) is 0 Å². The standard InChI is InChI=1S/C16H15N5O2S/c1-3-21(24(2,22)23)13-6-4-5-12(9-13)15-7-8-18-16-14(10-17)19-11-20(15)16/h4-9,11H,3H2,1-2H3. The number of nitrogens with zero attached hydrogens (tertiary/aromatic N) is 5. The first-order valence-corrected chi connectivity index (χ1v) is 9.11. The molecule has 2 aromatic heterocycles. The third-order valence-electron chi connectivity index (χ3n) is 3.65. The van der Waals surface area contributed by atoms with Gasteiger partial charge >= 0.3 is 0 Å². The molecule has 0 saturated heterocycles. The molecule has 0 aliphatic rings. The molecule has 0 aliphatic carbocycles. The Morgan fingerprint density at radius 1 is 1.29 bits per heavy atom. The lowest BCUT2D eigenvalue weighted by molar-refractivity contribution is 0.598. The third-order valence-corrected chi connectivity index (χ3v) is 4.92. The van der Waals surface area contributed by atoms with Crippen molar-refractivity contribution in [1.82, 2.24) is 14.4 Å². The van der Waals surface area contributed by atoms with Crippen molar-refractivity contribution in [3.8, 4) is 17.3 Å². The zero-order valence-corrected chi connectivity index (χ0v) is 14.0. The summed E-state index contributed by atoms with van der Waals surface area (Å²) in [6.45, 7) is 2.13. The Balaban J connectivity index is 2.17. The van der Waals surface area contributed by atoms with Gasteiger partial charge in [-0.1, -0.05) is 12.1 Å². The van der Waals surface area contributed by atoms with Crippen molar-refractivity contribution in [1.29, 1.82) is 5.26 Å². The minimum atomic E-state index is -3.35. The summed E-state index contributed by atoms with van der Waals surface area (Å²) < 4.78 is 26.9. The Morgan fingerprint density at radius 2 is 2.08 bits per heavy atom. The number of benzene rings is 1. The molecule has 2 heterocycles. The first-order chi connectivity index (χ1) is 11.5. The Hall–Kier alpha value is -2.92. The molecule has 0 bridgehead atoms. The van der Waals surface area contributed by atoms with Gasteiger partial charge in [0.1, 0.15) is 12.4 Å². The van der Waals surface area contributed by atoms with Crippen LogP contribution in [0.2, 0.25) is 0 Å². The van der Waals surface area contributed by atoms with Crippen molar-refractivity contribution in [2.45, 2.75) is 6.92 Å². The van der Waals surface area contributed by atoms with E-state index in [1.165, 1.54) is 16.9 Å². The zero-order valence-electron chi connectivity index (χ0n) is 13.2. The number of hydrogen-bond donors (Lipinski definition) is 0. The van der Waals surface area contributed by atoms with Gasteiger partial charge in [-0.3, -0.25) is 8.71 Å². The molecular weight excluding hydrogens is 326 g/mol. The average Bonchev–Trinajstić information content (AvgIpc) is 2.97. The van der Waals surface area contributed by atoms with Crippen molar-refractivity contribution in [3.63, 3.8) is 0 Å². The monoisotopic (exact) mass is 341 g/mol. The number of aromatic nitrogens is 3. The molecule has 0 spiro atoms.